The number of thioether (sulfide) groups is 4. The molecule has 19 aliphatic rings. The van der Waals surface area contributed by atoms with Gasteiger partial charge in [-0.3, -0.25) is 62.2 Å². The van der Waals surface area contributed by atoms with E-state index in [1.54, 1.807) is 90.0 Å². The Bertz CT molecular complexity index is 5490. The molecule has 10 bridgehead atoms. The van der Waals surface area contributed by atoms with Gasteiger partial charge in [-0.2, -0.15) is 21.0 Å². The standard InChI is InChI=1S/C24H24N4OS.2C19H18N4OS.C14H12N4OS.C6H8O2/c1-13-11-28-21(29)17(10-25)19(27-22(28)30-12-13)16-2-3-18(23-4-14(5-23)6-23)26-20(16)24-7-15(8-24)9-24;1-11-9-23-17(24)14(7-20)16(22-18(23)25-10-11)13-2-3-15(21-8-13)19-4-12(5-19)6-19;1-11-9-23-17(24)14(8-20)15(22-18(23)25-10-11)13-3-2-4-21-16(13)19-5-12(6-19)7-19;1-9-7-18-13(19)11(5-15)12(17-14(18)20-8-9)10-3-2-4-16-6-10;7-5(8)6-1-4(2-6)3-6/h2-3,13-15H,4-9,11-12H2,1H3;2-3,8,11-12H,4-6,9-10H2,1H3;2-4,11-12H,5-7,9-10H2,1H3;2-4,6,9H,7-8H2,1H3;4H,1-3H2,(H,7,8). The lowest BCUT2D eigenvalue weighted by Crippen LogP contribution is -2.58. The van der Waals surface area contributed by atoms with Crippen molar-refractivity contribution < 1.29 is 9.90 Å². The smallest absolute Gasteiger partial charge is 0.309 e. The SMILES string of the molecule is CC1CSc2nc(-c3ccc(C45CC(C4)C5)nc3)c(C#N)c(=O)n2C1.CC1CSc2nc(-c3ccc(C45CC(C4)C5)nc3C34CC(C3)C4)c(C#N)c(=O)n2C1.CC1CSc2nc(-c3cccnc3)c(C#N)c(=O)n2C1.CC1CSc2nc(-c3cccnc3C34CC(C3)C4)c(C#N)c(=O)n2C1.O=C(O)C12CC(C1)C2. The summed E-state index contributed by atoms with van der Waals surface area (Å²) < 4.78 is 6.62. The number of aromatic nitrogens is 12. The quantitative estimate of drug-likeness (QED) is 0.131. The first-order valence-corrected chi connectivity index (χ1v) is 41.9. The molecule has 22 nitrogen and oxygen atoms in total. The molecule has 4 unspecified atom stereocenters. The van der Waals surface area contributed by atoms with Gasteiger partial charge in [0, 0.05) is 129 Å². The molecule has 8 aromatic heterocycles. The number of fused-ring (bicyclic) bond motifs is 4. The van der Waals surface area contributed by atoms with Crippen molar-refractivity contribution in [1.29, 1.82) is 21.0 Å². The van der Waals surface area contributed by atoms with Crippen LogP contribution in [0.1, 0.15) is 169 Å². The van der Waals surface area contributed by atoms with Gasteiger partial charge >= 0.3 is 5.97 Å². The Kier molecular flexibility index (Phi) is 17.4. The zero-order chi connectivity index (χ0) is 74.5. The van der Waals surface area contributed by atoms with E-state index in [4.69, 9.17) is 20.1 Å². The van der Waals surface area contributed by atoms with Gasteiger partial charge < -0.3 is 5.11 Å². The molecule has 8 aromatic rings. The number of carboxylic acid groups (broad SMARTS) is 1. The van der Waals surface area contributed by atoms with Crippen molar-refractivity contribution in [1.82, 2.24) is 58.1 Å². The van der Waals surface area contributed by atoms with Gasteiger partial charge in [0.1, 0.15) is 46.5 Å². The van der Waals surface area contributed by atoms with Gasteiger partial charge in [0.05, 0.1) is 39.6 Å². The molecule has 108 heavy (non-hydrogen) atoms. The average Bonchev–Trinajstić information content (AvgIpc) is 0.674. The van der Waals surface area contributed by atoms with Crippen LogP contribution >= 0.6 is 47.0 Å². The molecule has 27 rings (SSSR count). The number of hydrogen-bond acceptors (Lipinski definition) is 21. The highest BCUT2D eigenvalue weighted by atomic mass is 32.2. The highest BCUT2D eigenvalue weighted by molar-refractivity contribution is 7.99. The summed E-state index contributed by atoms with van der Waals surface area (Å²) in [6.45, 7) is 11.0. The molecule has 26 heteroatoms. The Morgan fingerprint density at radius 3 is 1.12 bits per heavy atom. The number of nitriles is 4. The Morgan fingerprint density at radius 2 is 0.778 bits per heavy atom. The molecular formula is C82H80N16O6S4. The normalized spacial score (nSPS) is 30.6. The molecule has 0 spiro atoms. The Labute approximate surface area is 641 Å². The number of carboxylic acids is 1. The van der Waals surface area contributed by atoms with Gasteiger partial charge in [-0.15, -0.1) is 0 Å². The Morgan fingerprint density at radius 1 is 0.417 bits per heavy atom. The van der Waals surface area contributed by atoms with E-state index in [1.165, 1.54) is 82.7 Å². The monoisotopic (exact) mass is 1510 g/mol. The molecule has 4 aliphatic heterocycles. The summed E-state index contributed by atoms with van der Waals surface area (Å²) in [7, 11) is 0. The molecule has 12 heterocycles. The number of pyridine rings is 4. The van der Waals surface area contributed by atoms with E-state index < -0.39 is 5.97 Å². The minimum Gasteiger partial charge on any atom is -0.481 e. The molecule has 15 fully saturated rings. The molecule has 15 aliphatic carbocycles. The maximum atomic E-state index is 13.2. The van der Waals surface area contributed by atoms with Crippen molar-refractivity contribution in [3.05, 3.63) is 160 Å². The third-order valence-electron chi connectivity index (χ3n) is 25.9. The molecule has 548 valence electrons. The first kappa shape index (κ1) is 70.6. The second kappa shape index (κ2) is 26.6. The zero-order valence-electron chi connectivity index (χ0n) is 60.7. The average molecular weight is 1510 g/mol. The van der Waals surface area contributed by atoms with Crippen LogP contribution in [0.2, 0.25) is 0 Å². The first-order valence-electron chi connectivity index (χ1n) is 37.9. The van der Waals surface area contributed by atoms with Crippen LogP contribution in [0.3, 0.4) is 0 Å². The van der Waals surface area contributed by atoms with E-state index in [0.717, 1.165) is 116 Å². The molecule has 0 saturated heterocycles. The van der Waals surface area contributed by atoms with Crippen molar-refractivity contribution in [2.75, 3.05) is 23.0 Å². The maximum Gasteiger partial charge on any atom is 0.309 e. The van der Waals surface area contributed by atoms with E-state index in [9.17, 15) is 45.0 Å². The summed E-state index contributed by atoms with van der Waals surface area (Å²) in [5.74, 6) is 9.12. The number of aliphatic carboxylic acids is 1. The van der Waals surface area contributed by atoms with E-state index in [0.29, 0.717) is 99.3 Å². The van der Waals surface area contributed by atoms with E-state index in [2.05, 4.69) is 89.0 Å². The number of nitrogens with zero attached hydrogens (tertiary/aromatic N) is 16. The second-order valence-corrected chi connectivity index (χ2v) is 38.0. The maximum absolute atomic E-state index is 13.2. The summed E-state index contributed by atoms with van der Waals surface area (Å²) >= 11 is 6.38. The van der Waals surface area contributed by atoms with Crippen LogP contribution in [0.5, 0.6) is 0 Å². The second-order valence-electron chi connectivity index (χ2n) is 34.0. The van der Waals surface area contributed by atoms with Crippen molar-refractivity contribution in [2.45, 2.75) is 192 Å². The summed E-state index contributed by atoms with van der Waals surface area (Å²) in [5.41, 5.74) is 10.2. The van der Waals surface area contributed by atoms with Gasteiger partial charge in [-0.05, 0) is 198 Å². The number of rotatable bonds is 9. The highest BCUT2D eigenvalue weighted by Gasteiger charge is 2.64. The minimum absolute atomic E-state index is 0.0939. The third kappa shape index (κ3) is 11.6. The third-order valence-corrected chi connectivity index (χ3v) is 31.1. The summed E-state index contributed by atoms with van der Waals surface area (Å²) in [6, 6.07) is 24.1. The van der Waals surface area contributed by atoms with Crippen LogP contribution in [-0.2, 0) is 52.6 Å². The Balaban J connectivity index is 0.0000000987. The van der Waals surface area contributed by atoms with Crippen molar-refractivity contribution in [2.24, 2.45) is 58.7 Å². The zero-order valence-corrected chi connectivity index (χ0v) is 63.9. The van der Waals surface area contributed by atoms with Gasteiger partial charge in [0.25, 0.3) is 22.2 Å². The van der Waals surface area contributed by atoms with Crippen molar-refractivity contribution >= 4 is 53.0 Å². The van der Waals surface area contributed by atoms with E-state index >= 15 is 0 Å². The fraction of sp³-hybridized carbons (Fsp3) is 0.500. The molecule has 0 radical (unpaired) electrons. The number of hydrogen-bond donors (Lipinski definition) is 1. The molecule has 0 aromatic carbocycles. The van der Waals surface area contributed by atoms with Gasteiger partial charge in [-0.25, -0.2) is 19.9 Å². The van der Waals surface area contributed by atoms with Crippen LogP contribution in [0.15, 0.2) is 113 Å². The van der Waals surface area contributed by atoms with Crippen molar-refractivity contribution in [3.63, 3.8) is 0 Å². The summed E-state index contributed by atoms with van der Waals surface area (Å²) in [4.78, 5) is 99.1. The fourth-order valence-corrected chi connectivity index (χ4v) is 23.4. The van der Waals surface area contributed by atoms with Gasteiger partial charge in [0.2, 0.25) is 0 Å². The lowest BCUT2D eigenvalue weighted by molar-refractivity contribution is -0.184. The number of carbonyl (C=O) groups is 1. The molecule has 1 N–H and O–H groups in total. The predicted molar refractivity (Wildman–Crippen MR) is 409 cm³/mol. The molecule has 15 saturated carbocycles. The largest absolute Gasteiger partial charge is 0.481 e. The molecule has 0 amide bonds. The van der Waals surface area contributed by atoms with Gasteiger partial charge in [-0.1, -0.05) is 74.7 Å². The van der Waals surface area contributed by atoms with Crippen LogP contribution < -0.4 is 22.2 Å². The fourth-order valence-electron chi connectivity index (χ4n) is 19.3. The van der Waals surface area contributed by atoms with Crippen LogP contribution in [0, 0.1) is 104 Å². The van der Waals surface area contributed by atoms with Crippen LogP contribution in [0.4, 0.5) is 0 Å². The summed E-state index contributed by atoms with van der Waals surface area (Å²) in [6.07, 6.45) is 24.5. The highest BCUT2D eigenvalue weighted by Crippen LogP contribution is 2.69. The van der Waals surface area contributed by atoms with Crippen LogP contribution in [-0.4, -0.2) is 92.2 Å². The van der Waals surface area contributed by atoms with E-state index in [1.807, 2.05) is 36.5 Å². The lowest BCUT2D eigenvalue weighted by Gasteiger charge is -2.63. The van der Waals surface area contributed by atoms with Crippen molar-refractivity contribution in [3.8, 4) is 69.3 Å². The Hall–Kier alpha value is -9.05. The molecular weight excluding hydrogens is 1430 g/mol. The van der Waals surface area contributed by atoms with Crippen LogP contribution in [0.25, 0.3) is 45.0 Å². The lowest BCUT2D eigenvalue weighted by atomic mass is 9.42. The topological polar surface area (TPSA) is 324 Å². The predicted octanol–water partition coefficient (Wildman–Crippen LogP) is 12.8. The molecule has 4 atom stereocenters. The van der Waals surface area contributed by atoms with E-state index in [-0.39, 0.29) is 60.7 Å². The first-order chi connectivity index (χ1) is 52.1. The van der Waals surface area contributed by atoms with Gasteiger partial charge in [0.15, 0.2) is 20.6 Å². The minimum atomic E-state index is -0.569. The summed E-state index contributed by atoms with van der Waals surface area (Å²) in [5, 5.41) is 49.8.